The van der Waals surface area contributed by atoms with Gasteiger partial charge in [-0.1, -0.05) is 46.3 Å². The number of benzene rings is 3. The summed E-state index contributed by atoms with van der Waals surface area (Å²) in [6.07, 6.45) is 1.86. The van der Waals surface area contributed by atoms with Gasteiger partial charge in [0.2, 0.25) is 0 Å². The molecule has 0 aliphatic rings. The van der Waals surface area contributed by atoms with E-state index >= 15 is 0 Å². The van der Waals surface area contributed by atoms with Crippen molar-refractivity contribution in [3.63, 3.8) is 0 Å². The van der Waals surface area contributed by atoms with Crippen molar-refractivity contribution >= 4 is 33.6 Å². The van der Waals surface area contributed by atoms with Crippen molar-refractivity contribution in [2.45, 2.75) is 6.42 Å². The van der Waals surface area contributed by atoms with Gasteiger partial charge in [0.25, 0.3) is 5.91 Å². The topological polar surface area (TPSA) is 52.9 Å². The van der Waals surface area contributed by atoms with E-state index in [1.165, 1.54) is 36.4 Å². The van der Waals surface area contributed by atoms with Gasteiger partial charge in [-0.2, -0.15) is 5.26 Å². The highest BCUT2D eigenvalue weighted by Crippen LogP contribution is 2.23. The molecule has 1 amide bonds. The number of carbonyl (C=O) groups is 1. The van der Waals surface area contributed by atoms with Gasteiger partial charge in [-0.15, -0.1) is 0 Å². The lowest BCUT2D eigenvalue weighted by molar-refractivity contribution is -0.112. The minimum atomic E-state index is -0.714. The number of anilines is 1. The molecule has 3 nitrogen and oxygen atoms in total. The van der Waals surface area contributed by atoms with Crippen LogP contribution in [-0.2, 0) is 11.2 Å². The lowest BCUT2D eigenvalue weighted by Gasteiger charge is -2.09. The van der Waals surface area contributed by atoms with E-state index in [1.807, 2.05) is 18.2 Å². The minimum absolute atomic E-state index is 0.00660. The number of nitrogens with zero attached hydrogens (tertiary/aromatic N) is 1. The maximum Gasteiger partial charge on any atom is 0.266 e. The Balaban J connectivity index is 1.92. The summed E-state index contributed by atoms with van der Waals surface area (Å²) < 4.78 is 28.0. The summed E-state index contributed by atoms with van der Waals surface area (Å²) in [7, 11) is 0. The Morgan fingerprint density at radius 1 is 1.07 bits per heavy atom. The van der Waals surface area contributed by atoms with Crippen molar-refractivity contribution in [2.24, 2.45) is 0 Å². The zero-order valence-electron chi connectivity index (χ0n) is 15.1. The summed E-state index contributed by atoms with van der Waals surface area (Å²) in [5, 5.41) is 11.9. The average Bonchev–Trinajstić information content (AvgIpc) is 2.69. The largest absolute Gasteiger partial charge is 0.319 e. The molecule has 0 atom stereocenters. The third-order valence-corrected chi connectivity index (χ3v) is 4.67. The lowest BCUT2D eigenvalue weighted by atomic mass is 9.98. The third-order valence-electron chi connectivity index (χ3n) is 4.18. The van der Waals surface area contributed by atoms with Crippen LogP contribution in [0.5, 0.6) is 0 Å². The van der Waals surface area contributed by atoms with Crippen LogP contribution < -0.4 is 5.32 Å². The summed E-state index contributed by atoms with van der Waals surface area (Å²) >= 11 is 3.38. The van der Waals surface area contributed by atoms with E-state index in [1.54, 1.807) is 24.3 Å². The van der Waals surface area contributed by atoms with E-state index in [0.717, 1.165) is 15.6 Å². The van der Waals surface area contributed by atoms with Crippen LogP contribution in [0.1, 0.15) is 16.7 Å². The van der Waals surface area contributed by atoms with Gasteiger partial charge in [0.05, 0.1) is 5.69 Å². The molecule has 0 saturated heterocycles. The number of amides is 1. The Morgan fingerprint density at radius 3 is 2.59 bits per heavy atom. The zero-order chi connectivity index (χ0) is 20.8. The van der Waals surface area contributed by atoms with E-state index < -0.39 is 11.7 Å². The Labute approximate surface area is 175 Å². The molecule has 0 heterocycles. The summed E-state index contributed by atoms with van der Waals surface area (Å²) in [6, 6.07) is 19.2. The van der Waals surface area contributed by atoms with Gasteiger partial charge in [0.1, 0.15) is 23.3 Å². The number of hydrogen-bond acceptors (Lipinski definition) is 2. The van der Waals surface area contributed by atoms with Crippen molar-refractivity contribution in [3.05, 3.63) is 105 Å². The Kier molecular flexibility index (Phi) is 6.53. The van der Waals surface area contributed by atoms with Gasteiger partial charge in [-0.25, -0.2) is 8.78 Å². The molecule has 6 heteroatoms. The van der Waals surface area contributed by atoms with Gasteiger partial charge >= 0.3 is 0 Å². The number of halogens is 3. The van der Waals surface area contributed by atoms with Gasteiger partial charge in [0.15, 0.2) is 0 Å². The lowest BCUT2D eigenvalue weighted by Crippen LogP contribution is -2.14. The second kappa shape index (κ2) is 9.26. The van der Waals surface area contributed by atoms with Crippen LogP contribution in [0.3, 0.4) is 0 Å². The van der Waals surface area contributed by atoms with Crippen LogP contribution in [-0.4, -0.2) is 5.91 Å². The second-order valence-electron chi connectivity index (χ2n) is 6.25. The van der Waals surface area contributed by atoms with E-state index in [4.69, 9.17) is 0 Å². The van der Waals surface area contributed by atoms with Crippen molar-refractivity contribution in [3.8, 4) is 6.07 Å². The van der Waals surface area contributed by atoms with E-state index in [2.05, 4.69) is 21.2 Å². The van der Waals surface area contributed by atoms with Gasteiger partial charge in [0, 0.05) is 4.47 Å². The summed E-state index contributed by atoms with van der Waals surface area (Å²) in [5.41, 5.74) is 2.02. The van der Waals surface area contributed by atoms with Gasteiger partial charge in [-0.3, -0.25) is 4.79 Å². The van der Waals surface area contributed by atoms with Crippen LogP contribution >= 0.6 is 15.9 Å². The molecule has 1 N–H and O–H groups in total. The number of nitriles is 1. The van der Waals surface area contributed by atoms with Crippen molar-refractivity contribution in [1.82, 2.24) is 0 Å². The molecule has 0 fully saturated rings. The quantitative estimate of drug-likeness (QED) is 0.389. The number of para-hydroxylation sites is 1. The van der Waals surface area contributed by atoms with Crippen LogP contribution in [0.2, 0.25) is 0 Å². The SMILES string of the molecule is N#C/C(=C\c1cc(Br)ccc1Cc1cccc(F)c1)C(=O)Nc1ccccc1F. The second-order valence-corrected chi connectivity index (χ2v) is 7.17. The van der Waals surface area contributed by atoms with Crippen molar-refractivity contribution in [1.29, 1.82) is 5.26 Å². The molecule has 0 aromatic heterocycles. The molecule has 0 radical (unpaired) electrons. The van der Waals surface area contributed by atoms with Crippen molar-refractivity contribution < 1.29 is 13.6 Å². The fourth-order valence-corrected chi connectivity index (χ4v) is 3.16. The first-order valence-corrected chi connectivity index (χ1v) is 9.46. The molecule has 144 valence electrons. The van der Waals surface area contributed by atoms with Crippen LogP contribution in [0.15, 0.2) is 76.8 Å². The smallest absolute Gasteiger partial charge is 0.266 e. The number of nitrogens with one attached hydrogen (secondary N) is 1. The highest BCUT2D eigenvalue weighted by Gasteiger charge is 2.13. The van der Waals surface area contributed by atoms with Gasteiger partial charge < -0.3 is 5.32 Å². The molecule has 3 aromatic rings. The molecule has 0 aliphatic heterocycles. The summed E-state index contributed by atoms with van der Waals surface area (Å²) in [5.74, 6) is -1.64. The number of rotatable bonds is 5. The van der Waals surface area contributed by atoms with Crippen LogP contribution in [0, 0.1) is 23.0 Å². The maximum atomic E-state index is 13.8. The molecule has 0 aliphatic carbocycles. The fraction of sp³-hybridized carbons (Fsp3) is 0.0435. The predicted octanol–water partition coefficient (Wildman–Crippen LogP) is 5.86. The normalized spacial score (nSPS) is 11.0. The average molecular weight is 453 g/mol. The molecular weight excluding hydrogens is 438 g/mol. The molecule has 3 rings (SSSR count). The van der Waals surface area contributed by atoms with Crippen LogP contribution in [0.25, 0.3) is 6.08 Å². The Morgan fingerprint density at radius 2 is 1.86 bits per heavy atom. The molecule has 29 heavy (non-hydrogen) atoms. The molecule has 0 spiro atoms. The molecule has 0 saturated carbocycles. The minimum Gasteiger partial charge on any atom is -0.319 e. The fourth-order valence-electron chi connectivity index (χ4n) is 2.78. The van der Waals surface area contributed by atoms with E-state index in [0.29, 0.717) is 12.0 Å². The molecular formula is C23H15BrF2N2O. The number of hydrogen-bond donors (Lipinski definition) is 1. The summed E-state index contributed by atoms with van der Waals surface area (Å²) in [4.78, 5) is 12.5. The first-order chi connectivity index (χ1) is 14.0. The van der Waals surface area contributed by atoms with Gasteiger partial charge in [-0.05, 0) is 65.6 Å². The zero-order valence-corrected chi connectivity index (χ0v) is 16.7. The molecule has 0 bridgehead atoms. The monoisotopic (exact) mass is 452 g/mol. The van der Waals surface area contributed by atoms with Crippen molar-refractivity contribution in [2.75, 3.05) is 5.32 Å². The Hall–Kier alpha value is -3.30. The Bertz CT molecular complexity index is 1140. The van der Waals surface area contributed by atoms with Crippen LogP contribution in [0.4, 0.5) is 14.5 Å². The standard InChI is InChI=1S/C23H15BrF2N2O/c24-19-9-8-16(10-15-4-3-5-20(25)11-15)17(13-19)12-18(14-27)23(29)28-22-7-2-1-6-21(22)26/h1-9,11-13H,10H2,(H,28,29)/b18-12+. The predicted molar refractivity (Wildman–Crippen MR) is 112 cm³/mol. The molecule has 3 aromatic carbocycles. The number of carbonyl (C=O) groups excluding carboxylic acids is 1. The maximum absolute atomic E-state index is 13.8. The first-order valence-electron chi connectivity index (χ1n) is 8.67. The van der Waals surface area contributed by atoms with E-state index in [9.17, 15) is 18.8 Å². The van der Waals surface area contributed by atoms with E-state index in [-0.39, 0.29) is 17.1 Å². The molecule has 0 unspecified atom stereocenters. The highest BCUT2D eigenvalue weighted by molar-refractivity contribution is 9.10. The highest BCUT2D eigenvalue weighted by atomic mass is 79.9. The summed E-state index contributed by atoms with van der Waals surface area (Å²) in [6.45, 7) is 0. The first kappa shape index (κ1) is 20.4. The third kappa shape index (κ3) is 5.37.